The van der Waals surface area contributed by atoms with Crippen molar-refractivity contribution in [3.05, 3.63) is 249 Å². The Morgan fingerprint density at radius 3 is 1.25 bits per heavy atom. The van der Waals surface area contributed by atoms with E-state index >= 15 is 0 Å². The lowest BCUT2D eigenvalue weighted by Crippen LogP contribution is -2.11. The molecular weight excluding hydrogens is 711 g/mol. The molecule has 0 unspecified atom stereocenters. The molecule has 0 N–H and O–H groups in total. The number of hydrogen-bond donors (Lipinski definition) is 0. The number of anilines is 3. The molecule has 0 saturated heterocycles. The predicted octanol–water partition coefficient (Wildman–Crippen LogP) is 16.3. The van der Waals surface area contributed by atoms with Gasteiger partial charge in [-0.3, -0.25) is 0 Å². The maximum absolute atomic E-state index is 2.38. The van der Waals surface area contributed by atoms with Crippen LogP contribution in [0, 0.1) is 0 Å². The second-order valence-corrected chi connectivity index (χ2v) is 14.9. The molecule has 0 spiro atoms. The molecule has 0 saturated carbocycles. The van der Waals surface area contributed by atoms with Crippen LogP contribution in [0.5, 0.6) is 0 Å². The van der Waals surface area contributed by atoms with E-state index in [0.717, 1.165) is 17.1 Å². The molecule has 0 amide bonds. The Labute approximate surface area is 346 Å². The van der Waals surface area contributed by atoms with Crippen LogP contribution in [0.4, 0.5) is 17.1 Å². The minimum absolute atomic E-state index is 1.09. The van der Waals surface area contributed by atoms with Crippen LogP contribution in [0.25, 0.3) is 77.5 Å². The molecule has 1 nitrogen and oxygen atoms in total. The van der Waals surface area contributed by atoms with Crippen LogP contribution >= 0.6 is 0 Å². The highest BCUT2D eigenvalue weighted by atomic mass is 15.1. The van der Waals surface area contributed by atoms with Gasteiger partial charge in [-0.05, 0) is 121 Å². The molecule has 0 fully saturated rings. The van der Waals surface area contributed by atoms with E-state index < -0.39 is 0 Å². The molecule has 0 aromatic heterocycles. The second kappa shape index (κ2) is 16.0. The zero-order valence-corrected chi connectivity index (χ0v) is 32.6. The van der Waals surface area contributed by atoms with Crippen molar-refractivity contribution in [2.45, 2.75) is 0 Å². The molecule has 0 bridgehead atoms. The first-order valence-electron chi connectivity index (χ1n) is 20.2. The Bertz CT molecular complexity index is 3000. The molecule has 10 aromatic carbocycles. The Kier molecular flexibility index (Phi) is 9.68. The number of hydrogen-bond acceptors (Lipinski definition) is 1. The fourth-order valence-electron chi connectivity index (χ4n) is 8.26. The molecule has 278 valence electrons. The largest absolute Gasteiger partial charge is 0.310 e. The first-order chi connectivity index (χ1) is 29.2. The van der Waals surface area contributed by atoms with Gasteiger partial charge in [-0.15, -0.1) is 0 Å². The van der Waals surface area contributed by atoms with Crippen LogP contribution in [0.1, 0.15) is 0 Å². The fourth-order valence-corrected chi connectivity index (χ4v) is 8.26. The van der Waals surface area contributed by atoms with Crippen molar-refractivity contribution in [2.75, 3.05) is 4.90 Å². The van der Waals surface area contributed by atoms with Crippen LogP contribution in [0.3, 0.4) is 0 Å². The second-order valence-electron chi connectivity index (χ2n) is 14.9. The molecule has 0 radical (unpaired) electrons. The maximum Gasteiger partial charge on any atom is 0.0540 e. The monoisotopic (exact) mass is 751 g/mol. The Hall–Kier alpha value is -7.74. The summed E-state index contributed by atoms with van der Waals surface area (Å²) in [5.41, 5.74) is 17.7. The van der Waals surface area contributed by atoms with Gasteiger partial charge in [-0.2, -0.15) is 0 Å². The first-order valence-corrected chi connectivity index (χ1v) is 20.2. The summed E-state index contributed by atoms with van der Waals surface area (Å²) in [6, 6.07) is 89.8. The summed E-state index contributed by atoms with van der Waals surface area (Å²) in [4.78, 5) is 2.38. The maximum atomic E-state index is 2.38. The summed E-state index contributed by atoms with van der Waals surface area (Å²) in [6.45, 7) is 0. The highest BCUT2D eigenvalue weighted by molar-refractivity contribution is 5.91. The molecule has 10 aromatic rings. The van der Waals surface area contributed by atoms with Gasteiger partial charge in [0.15, 0.2) is 0 Å². The molecule has 0 aliphatic carbocycles. The molecule has 0 atom stereocenters. The molecule has 59 heavy (non-hydrogen) atoms. The zero-order chi connectivity index (χ0) is 39.4. The van der Waals surface area contributed by atoms with Gasteiger partial charge < -0.3 is 4.90 Å². The third kappa shape index (κ3) is 7.34. The molecule has 0 heterocycles. The van der Waals surface area contributed by atoms with Crippen molar-refractivity contribution < 1.29 is 0 Å². The SMILES string of the molecule is c1ccc(-c2ccc(-c3ccc(N(c4ccc(-c5cccc(-c6ccc7ccccc7c6)c5)cc4)c4ccccc4-c4ccccc4)cc3)cc2-c2ccccc2)cc1. The molecule has 10 rings (SSSR count). The van der Waals surface area contributed by atoms with E-state index in [1.54, 1.807) is 0 Å². The van der Waals surface area contributed by atoms with Gasteiger partial charge in [-0.1, -0.05) is 200 Å². The van der Waals surface area contributed by atoms with E-state index in [-0.39, 0.29) is 0 Å². The van der Waals surface area contributed by atoms with E-state index in [1.807, 2.05) is 0 Å². The number of para-hydroxylation sites is 1. The average molecular weight is 752 g/mol. The predicted molar refractivity (Wildman–Crippen MR) is 251 cm³/mol. The molecular formula is C58H41N. The number of fused-ring (bicyclic) bond motifs is 1. The summed E-state index contributed by atoms with van der Waals surface area (Å²) in [5, 5.41) is 2.51. The van der Waals surface area contributed by atoms with Crippen molar-refractivity contribution >= 4 is 27.8 Å². The van der Waals surface area contributed by atoms with Crippen LogP contribution in [0.15, 0.2) is 249 Å². The minimum Gasteiger partial charge on any atom is -0.310 e. The van der Waals surface area contributed by atoms with E-state index in [2.05, 4.69) is 254 Å². The number of rotatable bonds is 9. The van der Waals surface area contributed by atoms with Gasteiger partial charge in [0.1, 0.15) is 0 Å². The molecule has 1 heteroatoms. The summed E-state index contributed by atoms with van der Waals surface area (Å²) < 4.78 is 0. The lowest BCUT2D eigenvalue weighted by molar-refractivity contribution is 1.28. The van der Waals surface area contributed by atoms with Gasteiger partial charge >= 0.3 is 0 Å². The lowest BCUT2D eigenvalue weighted by atomic mass is 9.91. The van der Waals surface area contributed by atoms with Crippen LogP contribution in [-0.4, -0.2) is 0 Å². The van der Waals surface area contributed by atoms with Crippen molar-refractivity contribution in [2.24, 2.45) is 0 Å². The topological polar surface area (TPSA) is 3.24 Å². The van der Waals surface area contributed by atoms with Crippen molar-refractivity contribution in [3.8, 4) is 66.8 Å². The lowest BCUT2D eigenvalue weighted by Gasteiger charge is -2.28. The zero-order valence-electron chi connectivity index (χ0n) is 32.6. The third-order valence-corrected chi connectivity index (χ3v) is 11.3. The van der Waals surface area contributed by atoms with E-state index in [0.29, 0.717) is 0 Å². The Morgan fingerprint density at radius 1 is 0.203 bits per heavy atom. The van der Waals surface area contributed by atoms with Gasteiger partial charge in [0.2, 0.25) is 0 Å². The smallest absolute Gasteiger partial charge is 0.0540 e. The summed E-state index contributed by atoms with van der Waals surface area (Å²) in [7, 11) is 0. The first kappa shape index (κ1) is 35.7. The van der Waals surface area contributed by atoms with Crippen molar-refractivity contribution in [1.29, 1.82) is 0 Å². The standard InChI is InChI=1S/C58H41N/c1-4-16-45(17-5-1)55-38-33-52(41-57(55)47-20-8-3-9-21-47)44-31-36-54(37-32-44)59(58-26-13-12-25-56(58)46-18-6-2-7-19-46)53-34-29-43(30-35-53)49-23-14-24-50(39-49)51-28-27-42-15-10-11-22-48(42)40-51/h1-41H. The summed E-state index contributed by atoms with van der Waals surface area (Å²) >= 11 is 0. The van der Waals surface area contributed by atoms with Gasteiger partial charge in [0.25, 0.3) is 0 Å². The fraction of sp³-hybridized carbons (Fsp3) is 0. The van der Waals surface area contributed by atoms with E-state index in [1.165, 1.54) is 77.5 Å². The Balaban J connectivity index is 1.03. The van der Waals surface area contributed by atoms with Gasteiger partial charge in [0, 0.05) is 16.9 Å². The Morgan fingerprint density at radius 2 is 0.627 bits per heavy atom. The molecule has 0 aliphatic rings. The average Bonchev–Trinajstić information content (AvgIpc) is 3.33. The van der Waals surface area contributed by atoms with Gasteiger partial charge in [0.05, 0.1) is 5.69 Å². The third-order valence-electron chi connectivity index (χ3n) is 11.3. The molecule has 0 aliphatic heterocycles. The van der Waals surface area contributed by atoms with E-state index in [9.17, 15) is 0 Å². The summed E-state index contributed by atoms with van der Waals surface area (Å²) in [5.74, 6) is 0. The van der Waals surface area contributed by atoms with E-state index in [4.69, 9.17) is 0 Å². The number of nitrogens with zero attached hydrogens (tertiary/aromatic N) is 1. The van der Waals surface area contributed by atoms with Crippen molar-refractivity contribution in [1.82, 2.24) is 0 Å². The van der Waals surface area contributed by atoms with Crippen LogP contribution in [0.2, 0.25) is 0 Å². The normalized spacial score (nSPS) is 11.1. The van der Waals surface area contributed by atoms with Gasteiger partial charge in [-0.25, -0.2) is 0 Å². The van der Waals surface area contributed by atoms with Crippen LogP contribution < -0.4 is 4.90 Å². The minimum atomic E-state index is 1.09. The highest BCUT2D eigenvalue weighted by Gasteiger charge is 2.18. The van der Waals surface area contributed by atoms with Crippen LogP contribution in [-0.2, 0) is 0 Å². The van der Waals surface area contributed by atoms with Crippen molar-refractivity contribution in [3.63, 3.8) is 0 Å². The highest BCUT2D eigenvalue weighted by Crippen LogP contribution is 2.43. The quantitative estimate of drug-likeness (QED) is 0.142. The summed E-state index contributed by atoms with van der Waals surface area (Å²) in [6.07, 6.45) is 0. The number of benzene rings is 10.